The fraction of sp³-hybridized carbons (Fsp3) is 0.476. The van der Waals surface area contributed by atoms with Gasteiger partial charge in [-0.05, 0) is 60.4 Å². The zero-order chi connectivity index (χ0) is 18.8. The second kappa shape index (κ2) is 7.89. The first-order chi connectivity index (χ1) is 13.1. The minimum absolute atomic E-state index is 0.0411. The summed E-state index contributed by atoms with van der Waals surface area (Å²) in [7, 11) is 0. The third kappa shape index (κ3) is 4.10. The van der Waals surface area contributed by atoms with Crippen LogP contribution in [0.15, 0.2) is 35.2 Å². The molecule has 6 heteroatoms. The first kappa shape index (κ1) is 18.3. The molecule has 2 aliphatic carbocycles. The van der Waals surface area contributed by atoms with Crippen LogP contribution in [0.1, 0.15) is 37.7 Å². The van der Waals surface area contributed by atoms with Gasteiger partial charge in [0.15, 0.2) is 0 Å². The van der Waals surface area contributed by atoms with Crippen LogP contribution in [-0.2, 0) is 9.59 Å². The van der Waals surface area contributed by atoms with Crippen molar-refractivity contribution in [1.29, 1.82) is 0 Å². The zero-order valence-electron chi connectivity index (χ0n) is 15.2. The Hall–Kier alpha value is -2.08. The van der Waals surface area contributed by atoms with E-state index in [1.54, 1.807) is 6.08 Å². The maximum atomic E-state index is 12.5. The molecule has 3 aliphatic rings. The van der Waals surface area contributed by atoms with Crippen LogP contribution in [0, 0.1) is 17.8 Å². The third-order valence-corrected chi connectivity index (χ3v) is 6.87. The van der Waals surface area contributed by atoms with E-state index in [9.17, 15) is 14.4 Å². The molecule has 1 aromatic rings. The summed E-state index contributed by atoms with van der Waals surface area (Å²) < 4.78 is 0. The quantitative estimate of drug-likeness (QED) is 0.760. The number of hydrogen-bond acceptors (Lipinski definition) is 4. The molecule has 27 heavy (non-hydrogen) atoms. The third-order valence-electron chi connectivity index (χ3n) is 5.96. The van der Waals surface area contributed by atoms with E-state index in [0.717, 1.165) is 29.2 Å². The topological polar surface area (TPSA) is 66.5 Å². The Kier molecular flexibility index (Phi) is 5.34. The average molecular weight is 385 g/mol. The van der Waals surface area contributed by atoms with Gasteiger partial charge in [0.1, 0.15) is 0 Å². The molecule has 1 saturated heterocycles. The van der Waals surface area contributed by atoms with Gasteiger partial charge in [0, 0.05) is 19.5 Å². The summed E-state index contributed by atoms with van der Waals surface area (Å²) in [4.78, 5) is 38.5. The molecule has 1 aromatic carbocycles. The molecule has 0 radical (unpaired) electrons. The molecule has 3 unspecified atom stereocenters. The number of fused-ring (bicyclic) bond motifs is 2. The molecule has 5 nitrogen and oxygen atoms in total. The Balaban J connectivity index is 1.26. The van der Waals surface area contributed by atoms with Crippen molar-refractivity contribution < 1.29 is 14.4 Å². The molecule has 2 saturated carbocycles. The lowest BCUT2D eigenvalue weighted by Crippen LogP contribution is -2.38. The Morgan fingerprint density at radius 3 is 2.70 bits per heavy atom. The van der Waals surface area contributed by atoms with Gasteiger partial charge in [-0.2, -0.15) is 0 Å². The summed E-state index contributed by atoms with van der Waals surface area (Å²) in [6.07, 6.45) is 7.40. The van der Waals surface area contributed by atoms with Crippen molar-refractivity contribution in [3.05, 3.63) is 40.8 Å². The molecule has 3 atom stereocenters. The van der Waals surface area contributed by atoms with Gasteiger partial charge >= 0.3 is 0 Å². The van der Waals surface area contributed by atoms with E-state index in [1.807, 2.05) is 30.3 Å². The van der Waals surface area contributed by atoms with Crippen molar-refractivity contribution in [2.45, 2.75) is 32.1 Å². The molecule has 3 amide bonds. The second-order valence-electron chi connectivity index (χ2n) is 7.73. The summed E-state index contributed by atoms with van der Waals surface area (Å²) in [5, 5.41) is 2.61. The van der Waals surface area contributed by atoms with Gasteiger partial charge in [-0.15, -0.1) is 0 Å². The van der Waals surface area contributed by atoms with Crippen LogP contribution in [0.25, 0.3) is 6.08 Å². The van der Waals surface area contributed by atoms with Crippen LogP contribution in [0.5, 0.6) is 0 Å². The maximum Gasteiger partial charge on any atom is 0.293 e. The number of imide groups is 1. The number of carbonyl (C=O) groups is 3. The largest absolute Gasteiger partial charge is 0.354 e. The molecular formula is C21H24N2O3S. The van der Waals surface area contributed by atoms with Crippen molar-refractivity contribution in [2.24, 2.45) is 17.8 Å². The van der Waals surface area contributed by atoms with Gasteiger partial charge in [-0.1, -0.05) is 36.8 Å². The molecule has 1 heterocycles. The number of benzene rings is 1. The SMILES string of the molecule is O=C(CC1CC2CCC1C2)NCCN1C(=O)SC(=Cc2ccccc2)C1=O. The highest BCUT2D eigenvalue weighted by Gasteiger charge is 2.40. The van der Waals surface area contributed by atoms with Gasteiger partial charge in [-0.25, -0.2) is 0 Å². The number of nitrogens with zero attached hydrogens (tertiary/aromatic N) is 1. The lowest BCUT2D eigenvalue weighted by atomic mass is 9.86. The number of carbonyl (C=O) groups excluding carboxylic acids is 3. The smallest absolute Gasteiger partial charge is 0.293 e. The predicted molar refractivity (Wildman–Crippen MR) is 106 cm³/mol. The molecule has 1 aliphatic heterocycles. The molecule has 1 N–H and O–H groups in total. The first-order valence-electron chi connectivity index (χ1n) is 9.67. The molecule has 3 fully saturated rings. The predicted octanol–water partition coefficient (Wildman–Crippen LogP) is 3.67. The molecule has 142 valence electrons. The van der Waals surface area contributed by atoms with E-state index in [0.29, 0.717) is 23.8 Å². The second-order valence-corrected chi connectivity index (χ2v) is 8.73. The fourth-order valence-corrected chi connectivity index (χ4v) is 5.50. The number of amides is 3. The Morgan fingerprint density at radius 1 is 1.19 bits per heavy atom. The highest BCUT2D eigenvalue weighted by atomic mass is 32.2. The van der Waals surface area contributed by atoms with Gasteiger partial charge in [0.2, 0.25) is 5.91 Å². The van der Waals surface area contributed by atoms with Gasteiger partial charge in [-0.3, -0.25) is 19.3 Å². The van der Waals surface area contributed by atoms with Crippen LogP contribution in [0.2, 0.25) is 0 Å². The molecular weight excluding hydrogens is 360 g/mol. The lowest BCUT2D eigenvalue weighted by Gasteiger charge is -2.21. The van der Waals surface area contributed by atoms with Crippen molar-refractivity contribution in [2.75, 3.05) is 13.1 Å². The highest BCUT2D eigenvalue weighted by Crippen LogP contribution is 2.49. The van der Waals surface area contributed by atoms with Crippen LogP contribution in [0.4, 0.5) is 4.79 Å². The van der Waals surface area contributed by atoms with Crippen molar-refractivity contribution >= 4 is 34.9 Å². The Labute approximate surface area is 163 Å². The maximum absolute atomic E-state index is 12.5. The molecule has 2 bridgehead atoms. The normalized spacial score (nSPS) is 28.4. The highest BCUT2D eigenvalue weighted by molar-refractivity contribution is 8.18. The summed E-state index contributed by atoms with van der Waals surface area (Å²) in [5.41, 5.74) is 0.891. The van der Waals surface area contributed by atoms with E-state index in [2.05, 4.69) is 5.32 Å². The van der Waals surface area contributed by atoms with E-state index in [1.165, 1.54) is 30.6 Å². The summed E-state index contributed by atoms with van der Waals surface area (Å²) in [6, 6.07) is 9.47. The summed E-state index contributed by atoms with van der Waals surface area (Å²) in [5.74, 6) is 1.84. The fourth-order valence-electron chi connectivity index (χ4n) is 4.64. The number of nitrogens with one attached hydrogen (secondary N) is 1. The number of rotatable bonds is 6. The van der Waals surface area contributed by atoms with E-state index < -0.39 is 0 Å². The van der Waals surface area contributed by atoms with Crippen molar-refractivity contribution in [1.82, 2.24) is 10.2 Å². The van der Waals surface area contributed by atoms with Crippen LogP contribution < -0.4 is 5.32 Å². The van der Waals surface area contributed by atoms with E-state index in [4.69, 9.17) is 0 Å². The number of hydrogen-bond donors (Lipinski definition) is 1. The monoisotopic (exact) mass is 384 g/mol. The molecule has 0 spiro atoms. The zero-order valence-corrected chi connectivity index (χ0v) is 16.0. The van der Waals surface area contributed by atoms with Crippen LogP contribution in [0.3, 0.4) is 0 Å². The first-order valence-corrected chi connectivity index (χ1v) is 10.5. The molecule has 4 rings (SSSR count). The summed E-state index contributed by atoms with van der Waals surface area (Å²) in [6.45, 7) is 0.537. The van der Waals surface area contributed by atoms with Gasteiger partial charge in [0.05, 0.1) is 4.91 Å². The van der Waals surface area contributed by atoms with Gasteiger partial charge < -0.3 is 5.32 Å². The van der Waals surface area contributed by atoms with Crippen LogP contribution in [-0.4, -0.2) is 35.0 Å². The minimum Gasteiger partial charge on any atom is -0.354 e. The van der Waals surface area contributed by atoms with Gasteiger partial charge in [0.25, 0.3) is 11.1 Å². The minimum atomic E-state index is -0.281. The standard InChI is InChI=1S/C21H24N2O3S/c24-19(13-17-11-15-6-7-16(17)10-15)22-8-9-23-20(25)18(27-21(23)26)12-14-4-2-1-3-5-14/h1-5,12,15-17H,6-11,13H2,(H,22,24). The number of thioether (sulfide) groups is 1. The summed E-state index contributed by atoms with van der Waals surface area (Å²) >= 11 is 0.956. The van der Waals surface area contributed by atoms with Crippen molar-refractivity contribution in [3.63, 3.8) is 0 Å². The van der Waals surface area contributed by atoms with E-state index in [-0.39, 0.29) is 23.6 Å². The Bertz CT molecular complexity index is 777. The molecule has 0 aromatic heterocycles. The lowest BCUT2D eigenvalue weighted by molar-refractivity contribution is -0.124. The Morgan fingerprint density at radius 2 is 2.00 bits per heavy atom. The average Bonchev–Trinajstić information content (AvgIpc) is 3.34. The van der Waals surface area contributed by atoms with Crippen molar-refractivity contribution in [3.8, 4) is 0 Å². The van der Waals surface area contributed by atoms with E-state index >= 15 is 0 Å². The van der Waals surface area contributed by atoms with Crippen LogP contribution >= 0.6 is 11.8 Å².